The van der Waals surface area contributed by atoms with E-state index in [2.05, 4.69) is 30.3 Å². The van der Waals surface area contributed by atoms with Crippen molar-refractivity contribution < 1.29 is 49.6 Å². The van der Waals surface area contributed by atoms with E-state index in [0.717, 1.165) is 12.8 Å². The predicted molar refractivity (Wildman–Crippen MR) is 67.9 cm³/mol. The Morgan fingerprint density at radius 2 is 1.68 bits per heavy atom. The van der Waals surface area contributed by atoms with Crippen LogP contribution in [0, 0.1) is 0 Å². The molecule has 19 heavy (non-hydrogen) atoms. The maximum absolute atomic E-state index is 9.73. The van der Waals surface area contributed by atoms with Crippen molar-refractivity contribution in [2.24, 2.45) is 0 Å². The molecule has 0 bridgehead atoms. The first-order chi connectivity index (χ1) is 8.14. The molecule has 1 aromatic heterocycles. The average Bonchev–Trinajstić information content (AvgIpc) is 2.72. The van der Waals surface area contributed by atoms with Crippen molar-refractivity contribution in [3.63, 3.8) is 0 Å². The monoisotopic (exact) mass is 354 g/mol. The Balaban J connectivity index is 0.000000902. The molecule has 2 aromatic rings. The van der Waals surface area contributed by atoms with E-state index in [9.17, 15) is 7.38 Å². The third-order valence-electron chi connectivity index (χ3n) is 3.63. The van der Waals surface area contributed by atoms with Crippen molar-refractivity contribution in [3.8, 4) is 0 Å². The van der Waals surface area contributed by atoms with E-state index in [4.69, 9.17) is 0 Å². The first-order valence-electron chi connectivity index (χ1n) is 6.07. The molecule has 1 aliphatic rings. The number of rotatable bonds is 1. The second-order valence-corrected chi connectivity index (χ2v) is 10.7. The Hall–Kier alpha value is 0.394. The zero-order valence-electron chi connectivity index (χ0n) is 10.4. The van der Waals surface area contributed by atoms with Crippen LogP contribution in [0.25, 0.3) is 10.1 Å². The van der Waals surface area contributed by atoms with Gasteiger partial charge >= 0.3 is 110 Å². The van der Waals surface area contributed by atoms with Crippen LogP contribution in [0.2, 0.25) is 9.45 Å². The van der Waals surface area contributed by atoms with E-state index in [1.54, 1.807) is 0 Å². The Morgan fingerprint density at radius 1 is 1.05 bits per heavy atom. The molecule has 0 saturated carbocycles. The van der Waals surface area contributed by atoms with Crippen molar-refractivity contribution in [1.82, 2.24) is 0 Å². The van der Waals surface area contributed by atoms with Crippen molar-refractivity contribution >= 4 is 21.4 Å². The molecule has 104 valence electrons. The fourth-order valence-electron chi connectivity index (χ4n) is 2.57. The van der Waals surface area contributed by atoms with Gasteiger partial charge < -0.3 is 24.8 Å². The van der Waals surface area contributed by atoms with E-state index in [1.807, 2.05) is 11.3 Å². The van der Waals surface area contributed by atoms with Crippen LogP contribution in [0.3, 0.4) is 0 Å². The number of hydrogen-bond donors (Lipinski definition) is 2. The molecule has 3 rings (SSSR count). The zero-order chi connectivity index (χ0) is 11.9. The fraction of sp³-hybridized carbons (Fsp3) is 0.385. The molecule has 1 aliphatic heterocycles. The summed E-state index contributed by atoms with van der Waals surface area (Å²) in [4.78, 5) is 1.42. The van der Waals surface area contributed by atoms with Crippen molar-refractivity contribution in [1.29, 1.82) is 0 Å². The van der Waals surface area contributed by atoms with Gasteiger partial charge in [0.05, 0.1) is 0 Å². The van der Waals surface area contributed by atoms with Gasteiger partial charge in [0.25, 0.3) is 0 Å². The van der Waals surface area contributed by atoms with E-state index in [1.165, 1.54) is 15.0 Å². The summed E-state index contributed by atoms with van der Waals surface area (Å²) in [5, 5.41) is 1.32. The zero-order valence-corrected chi connectivity index (χ0v) is 14.2. The van der Waals surface area contributed by atoms with Crippen LogP contribution in [-0.2, 0) is 17.4 Å². The van der Waals surface area contributed by atoms with Gasteiger partial charge in [-0.15, -0.1) is 0 Å². The SMILES string of the molecule is [Cl-].[Cl-].[OH][Ti+2]1([OH])[CH2]CC(c2cc3ccccc3s2)C[CH2]1. The van der Waals surface area contributed by atoms with Crippen molar-refractivity contribution in [2.75, 3.05) is 0 Å². The van der Waals surface area contributed by atoms with Crippen molar-refractivity contribution in [2.45, 2.75) is 28.2 Å². The normalized spacial score (nSPS) is 16.9. The second-order valence-electron chi connectivity index (χ2n) is 4.94. The average molecular weight is 355 g/mol. The Labute approximate surface area is 134 Å². The van der Waals surface area contributed by atoms with Gasteiger partial charge in [0.1, 0.15) is 0 Å². The summed E-state index contributed by atoms with van der Waals surface area (Å²) < 4.78 is 22.2. The molecular weight excluding hydrogens is 339 g/mol. The van der Waals surface area contributed by atoms with Crippen LogP contribution in [0.5, 0.6) is 0 Å². The van der Waals surface area contributed by atoms with Gasteiger partial charge in [0, 0.05) is 0 Å². The minimum atomic E-state index is -3.28. The summed E-state index contributed by atoms with van der Waals surface area (Å²) in [6.45, 7) is 0. The molecule has 2 heterocycles. The van der Waals surface area contributed by atoms with Crippen LogP contribution in [0.15, 0.2) is 30.3 Å². The van der Waals surface area contributed by atoms with Crippen molar-refractivity contribution in [3.05, 3.63) is 35.2 Å². The summed E-state index contributed by atoms with van der Waals surface area (Å²) in [7, 11) is 0. The Kier molecular flexibility index (Phi) is 6.34. The molecule has 0 spiro atoms. The summed E-state index contributed by atoms with van der Waals surface area (Å²) in [6, 6.07) is 10.7. The second kappa shape index (κ2) is 6.90. The molecule has 2 N–H and O–H groups in total. The van der Waals surface area contributed by atoms with Gasteiger partial charge in [-0.1, -0.05) is 0 Å². The first-order valence-corrected chi connectivity index (χ1v) is 10.5. The van der Waals surface area contributed by atoms with E-state index in [0.29, 0.717) is 15.4 Å². The molecule has 0 aliphatic carbocycles. The first kappa shape index (κ1) is 17.4. The molecule has 0 amide bonds. The van der Waals surface area contributed by atoms with Gasteiger partial charge in [-0.3, -0.25) is 0 Å². The van der Waals surface area contributed by atoms with E-state index in [-0.39, 0.29) is 24.8 Å². The molecule has 0 atom stereocenters. The molecule has 1 aromatic carbocycles. The molecule has 1 fully saturated rings. The number of benzene rings is 1. The van der Waals surface area contributed by atoms with Gasteiger partial charge in [0.15, 0.2) is 0 Å². The Bertz CT molecular complexity index is 501. The number of thiophene rings is 1. The summed E-state index contributed by atoms with van der Waals surface area (Å²) in [5.74, 6) is 0.547. The molecule has 6 heteroatoms. The maximum atomic E-state index is 9.73. The third-order valence-corrected chi connectivity index (χ3v) is 8.31. The van der Waals surface area contributed by atoms with Crippen LogP contribution < -0.4 is 24.8 Å². The van der Waals surface area contributed by atoms with Crippen LogP contribution in [-0.4, -0.2) is 7.38 Å². The molecule has 0 radical (unpaired) electrons. The quantitative estimate of drug-likeness (QED) is 0.560. The summed E-state index contributed by atoms with van der Waals surface area (Å²) >= 11 is -1.42. The van der Waals surface area contributed by atoms with Crippen LogP contribution in [0.4, 0.5) is 0 Å². The van der Waals surface area contributed by atoms with Gasteiger partial charge in [-0.05, 0) is 0 Å². The van der Waals surface area contributed by atoms with Gasteiger partial charge in [-0.2, -0.15) is 0 Å². The molecule has 1 saturated heterocycles. The van der Waals surface area contributed by atoms with Gasteiger partial charge in [-0.25, -0.2) is 0 Å². The van der Waals surface area contributed by atoms with Crippen LogP contribution in [0.1, 0.15) is 23.6 Å². The topological polar surface area (TPSA) is 40.5 Å². The number of halogens is 2. The summed E-state index contributed by atoms with van der Waals surface area (Å²) in [6.07, 6.45) is 1.92. The van der Waals surface area contributed by atoms with E-state index < -0.39 is 17.4 Å². The van der Waals surface area contributed by atoms with Crippen LogP contribution >= 0.6 is 11.3 Å². The minimum absolute atomic E-state index is 0. The molecule has 0 unspecified atom stereocenters. The fourth-order valence-corrected chi connectivity index (χ4v) is 6.72. The summed E-state index contributed by atoms with van der Waals surface area (Å²) in [5.41, 5.74) is 0. The number of fused-ring (bicyclic) bond motifs is 1. The van der Waals surface area contributed by atoms with Gasteiger partial charge in [0.2, 0.25) is 0 Å². The molecule has 2 nitrogen and oxygen atoms in total. The predicted octanol–water partition coefficient (Wildman–Crippen LogP) is -2.41. The number of hydrogen-bond acceptors (Lipinski definition) is 3. The third kappa shape index (κ3) is 3.95. The Morgan fingerprint density at radius 3 is 2.32 bits per heavy atom. The molecular formula is C13H16Cl2O2STi. The standard InChI is InChI=1S/C13H14S.2ClH.2H2O.Ti/c1-3-10(4-2)13-9-11-7-5-6-8-12(11)14-13;;;;;/h5-10H,1-4H2;2*1H;2*1H2;/q;;;;;+4/p-4. The van der Waals surface area contributed by atoms with E-state index >= 15 is 0 Å².